The van der Waals surface area contributed by atoms with Crippen LogP contribution in [0.1, 0.15) is 43.0 Å². The van der Waals surface area contributed by atoms with Crippen LogP contribution in [0, 0.1) is 0 Å². The molecule has 1 aliphatic rings. The molecule has 1 aromatic carbocycles. The molecule has 0 radical (unpaired) electrons. The summed E-state index contributed by atoms with van der Waals surface area (Å²) >= 11 is 0. The van der Waals surface area contributed by atoms with E-state index in [2.05, 4.69) is 5.32 Å². The molecule has 124 valence electrons. The maximum Gasteiger partial charge on any atom is 0.340 e. The lowest BCUT2D eigenvalue weighted by Gasteiger charge is -2.18. The quantitative estimate of drug-likeness (QED) is 0.615. The zero-order valence-electron chi connectivity index (χ0n) is 13.3. The first-order valence-corrected chi connectivity index (χ1v) is 7.96. The lowest BCUT2D eigenvalue weighted by molar-refractivity contribution is -0.124. The molecular formula is C17H22N2O4. The molecule has 0 aliphatic carbocycles. The zero-order chi connectivity index (χ0) is 16.7. The molecule has 1 aromatic rings. The third-order valence-electron chi connectivity index (χ3n) is 3.68. The van der Waals surface area contributed by atoms with Crippen molar-refractivity contribution in [2.24, 2.45) is 0 Å². The van der Waals surface area contributed by atoms with Gasteiger partial charge in [0, 0.05) is 19.5 Å². The Balaban J connectivity index is 1.97. The van der Waals surface area contributed by atoms with E-state index in [1.165, 1.54) is 0 Å². The van der Waals surface area contributed by atoms with Crippen molar-refractivity contribution in [1.82, 2.24) is 5.32 Å². The van der Waals surface area contributed by atoms with Crippen molar-refractivity contribution in [3.05, 3.63) is 29.8 Å². The fourth-order valence-electron chi connectivity index (χ4n) is 2.45. The van der Waals surface area contributed by atoms with E-state index in [9.17, 15) is 14.4 Å². The average molecular weight is 318 g/mol. The number of rotatable bonds is 7. The molecule has 0 atom stereocenters. The van der Waals surface area contributed by atoms with Crippen molar-refractivity contribution < 1.29 is 19.1 Å². The summed E-state index contributed by atoms with van der Waals surface area (Å²) in [6.07, 6.45) is 3.14. The van der Waals surface area contributed by atoms with Crippen LogP contribution in [-0.4, -0.2) is 37.5 Å². The highest BCUT2D eigenvalue weighted by molar-refractivity contribution is 6.03. The molecule has 0 aromatic heterocycles. The van der Waals surface area contributed by atoms with Crippen LogP contribution in [-0.2, 0) is 14.3 Å². The summed E-state index contributed by atoms with van der Waals surface area (Å²) in [5, 5.41) is 2.69. The second-order valence-electron chi connectivity index (χ2n) is 5.45. The van der Waals surface area contributed by atoms with Gasteiger partial charge in [-0.25, -0.2) is 4.79 Å². The molecular weight excluding hydrogens is 296 g/mol. The van der Waals surface area contributed by atoms with Crippen LogP contribution in [0.4, 0.5) is 5.69 Å². The first-order valence-electron chi connectivity index (χ1n) is 7.96. The first kappa shape index (κ1) is 17.0. The van der Waals surface area contributed by atoms with Gasteiger partial charge >= 0.3 is 5.97 Å². The first-order chi connectivity index (χ1) is 11.1. The summed E-state index contributed by atoms with van der Waals surface area (Å²) in [5.74, 6) is -0.907. The SMILES string of the molecule is CCCCNC(=O)COC(=O)c1ccccc1N1CCCC1=O. The fourth-order valence-corrected chi connectivity index (χ4v) is 2.45. The molecule has 2 amide bonds. The van der Waals surface area contributed by atoms with E-state index in [1.54, 1.807) is 29.2 Å². The Morgan fingerprint density at radius 3 is 2.78 bits per heavy atom. The number of benzene rings is 1. The second kappa shape index (κ2) is 8.31. The zero-order valence-corrected chi connectivity index (χ0v) is 13.3. The van der Waals surface area contributed by atoms with Crippen molar-refractivity contribution in [2.45, 2.75) is 32.6 Å². The molecule has 1 N–H and O–H groups in total. The number of unbranched alkanes of at least 4 members (excludes halogenated alkanes) is 1. The maximum atomic E-state index is 12.2. The van der Waals surface area contributed by atoms with Gasteiger partial charge in [0.15, 0.2) is 6.61 Å². The van der Waals surface area contributed by atoms with Gasteiger partial charge in [-0.3, -0.25) is 9.59 Å². The summed E-state index contributed by atoms with van der Waals surface area (Å²) < 4.78 is 5.07. The monoisotopic (exact) mass is 318 g/mol. The molecule has 1 aliphatic heterocycles. The number of hydrogen-bond donors (Lipinski definition) is 1. The van der Waals surface area contributed by atoms with Gasteiger partial charge in [-0.05, 0) is 25.0 Å². The highest BCUT2D eigenvalue weighted by atomic mass is 16.5. The van der Waals surface area contributed by atoms with Gasteiger partial charge in [-0.15, -0.1) is 0 Å². The minimum atomic E-state index is -0.592. The molecule has 1 saturated heterocycles. The molecule has 23 heavy (non-hydrogen) atoms. The van der Waals surface area contributed by atoms with E-state index >= 15 is 0 Å². The van der Waals surface area contributed by atoms with E-state index in [0.717, 1.165) is 19.3 Å². The van der Waals surface area contributed by atoms with Gasteiger partial charge in [0.05, 0.1) is 11.3 Å². The number of ether oxygens (including phenoxy) is 1. The van der Waals surface area contributed by atoms with Crippen LogP contribution in [0.3, 0.4) is 0 Å². The topological polar surface area (TPSA) is 75.7 Å². The Bertz CT molecular complexity index is 586. The van der Waals surface area contributed by atoms with Gasteiger partial charge in [-0.1, -0.05) is 25.5 Å². The van der Waals surface area contributed by atoms with Gasteiger partial charge < -0.3 is 15.0 Å². The van der Waals surface area contributed by atoms with Crippen LogP contribution >= 0.6 is 0 Å². The predicted octanol–water partition coefficient (Wildman–Crippen LogP) is 1.89. The molecule has 6 nitrogen and oxygen atoms in total. The molecule has 1 heterocycles. The Morgan fingerprint density at radius 2 is 2.09 bits per heavy atom. The molecule has 0 spiro atoms. The number of nitrogens with zero attached hydrogens (tertiary/aromatic N) is 1. The largest absolute Gasteiger partial charge is 0.452 e. The average Bonchev–Trinajstić information content (AvgIpc) is 2.99. The lowest BCUT2D eigenvalue weighted by Crippen LogP contribution is -2.30. The van der Waals surface area contributed by atoms with Crippen molar-refractivity contribution in [3.63, 3.8) is 0 Å². The summed E-state index contributed by atoms with van der Waals surface area (Å²) in [4.78, 5) is 37.3. The fraction of sp³-hybridized carbons (Fsp3) is 0.471. The normalized spacial score (nSPS) is 14.0. The molecule has 0 saturated carbocycles. The van der Waals surface area contributed by atoms with Gasteiger partial charge in [0.25, 0.3) is 5.91 Å². The third-order valence-corrected chi connectivity index (χ3v) is 3.68. The maximum absolute atomic E-state index is 12.2. The molecule has 0 bridgehead atoms. The van der Waals surface area contributed by atoms with E-state index in [-0.39, 0.29) is 18.4 Å². The van der Waals surface area contributed by atoms with E-state index in [1.807, 2.05) is 6.92 Å². The summed E-state index contributed by atoms with van der Waals surface area (Å²) in [6.45, 7) is 2.89. The van der Waals surface area contributed by atoms with Gasteiger partial charge in [0.1, 0.15) is 0 Å². The number of carbonyl (C=O) groups excluding carboxylic acids is 3. The predicted molar refractivity (Wildman–Crippen MR) is 86.2 cm³/mol. The Kier molecular flexibility index (Phi) is 6.14. The molecule has 0 unspecified atom stereocenters. The number of hydrogen-bond acceptors (Lipinski definition) is 4. The number of amides is 2. The number of carbonyl (C=O) groups is 3. The van der Waals surface area contributed by atoms with Crippen LogP contribution < -0.4 is 10.2 Å². The van der Waals surface area contributed by atoms with Crippen LogP contribution in [0.2, 0.25) is 0 Å². The summed E-state index contributed by atoms with van der Waals surface area (Å²) in [5.41, 5.74) is 0.857. The second-order valence-corrected chi connectivity index (χ2v) is 5.45. The Labute approximate surface area is 135 Å². The molecule has 2 rings (SSSR count). The highest BCUT2D eigenvalue weighted by Crippen LogP contribution is 2.25. The van der Waals surface area contributed by atoms with Crippen molar-refractivity contribution >= 4 is 23.5 Å². The van der Waals surface area contributed by atoms with Crippen molar-refractivity contribution in [1.29, 1.82) is 0 Å². The van der Waals surface area contributed by atoms with E-state index < -0.39 is 5.97 Å². The van der Waals surface area contributed by atoms with Crippen molar-refractivity contribution in [3.8, 4) is 0 Å². The van der Waals surface area contributed by atoms with Crippen LogP contribution in [0.15, 0.2) is 24.3 Å². The van der Waals surface area contributed by atoms with Gasteiger partial charge in [0.2, 0.25) is 5.91 Å². The minimum absolute atomic E-state index is 0.00237. The number of para-hydroxylation sites is 1. The summed E-state index contributed by atoms with van der Waals surface area (Å²) in [7, 11) is 0. The van der Waals surface area contributed by atoms with Crippen LogP contribution in [0.25, 0.3) is 0 Å². The smallest absolute Gasteiger partial charge is 0.340 e. The number of nitrogens with one attached hydrogen (secondary N) is 1. The Hall–Kier alpha value is -2.37. The van der Waals surface area contributed by atoms with E-state index in [4.69, 9.17) is 4.74 Å². The molecule has 6 heteroatoms. The Morgan fingerprint density at radius 1 is 1.30 bits per heavy atom. The molecule has 1 fully saturated rings. The van der Waals surface area contributed by atoms with Crippen molar-refractivity contribution in [2.75, 3.05) is 24.6 Å². The van der Waals surface area contributed by atoms with Crippen LogP contribution in [0.5, 0.6) is 0 Å². The summed E-state index contributed by atoms with van der Waals surface area (Å²) in [6, 6.07) is 6.82. The third kappa shape index (κ3) is 4.55. The number of anilines is 1. The minimum Gasteiger partial charge on any atom is -0.452 e. The van der Waals surface area contributed by atoms with E-state index in [0.29, 0.717) is 30.8 Å². The van der Waals surface area contributed by atoms with Gasteiger partial charge in [-0.2, -0.15) is 0 Å². The standard InChI is InChI=1S/C17H22N2O4/c1-2-3-10-18-15(20)12-23-17(22)13-7-4-5-8-14(13)19-11-6-9-16(19)21/h4-5,7-8H,2-3,6,9-12H2,1H3,(H,18,20). The highest BCUT2D eigenvalue weighted by Gasteiger charge is 2.26. The number of esters is 1. The lowest BCUT2D eigenvalue weighted by atomic mass is 10.1.